The topological polar surface area (TPSA) is 41.5 Å². The van der Waals surface area contributed by atoms with Gasteiger partial charge in [-0.2, -0.15) is 5.10 Å². The van der Waals surface area contributed by atoms with Crippen molar-refractivity contribution in [3.8, 4) is 0 Å². The highest BCUT2D eigenvalue weighted by molar-refractivity contribution is 5.85. The van der Waals surface area contributed by atoms with Gasteiger partial charge in [-0.15, -0.1) is 0 Å². The maximum atomic E-state index is 11.8. The molecule has 0 spiro atoms. The lowest BCUT2D eigenvalue weighted by Gasteiger charge is -2.19. The summed E-state index contributed by atoms with van der Waals surface area (Å²) in [6.07, 6.45) is 6.67. The van der Waals surface area contributed by atoms with E-state index in [-0.39, 0.29) is 11.8 Å². The van der Waals surface area contributed by atoms with Gasteiger partial charge in [0.05, 0.1) is 0 Å². The summed E-state index contributed by atoms with van der Waals surface area (Å²) >= 11 is 0. The lowest BCUT2D eigenvalue weighted by atomic mass is 9.89. The van der Waals surface area contributed by atoms with E-state index in [4.69, 9.17) is 0 Å². The zero-order valence-electron chi connectivity index (χ0n) is 10.8. The Morgan fingerprint density at radius 3 is 2.50 bits per heavy atom. The van der Waals surface area contributed by atoms with Crippen LogP contribution in [0.3, 0.4) is 0 Å². The van der Waals surface area contributed by atoms with Gasteiger partial charge >= 0.3 is 0 Å². The Kier molecular flexibility index (Phi) is 5.50. The monoisotopic (exact) mass is 224 g/mol. The van der Waals surface area contributed by atoms with E-state index >= 15 is 0 Å². The predicted octanol–water partition coefficient (Wildman–Crippen LogP) is 3.10. The molecule has 3 nitrogen and oxygen atoms in total. The zero-order valence-corrected chi connectivity index (χ0v) is 10.8. The molecule has 0 aromatic carbocycles. The second kappa shape index (κ2) is 6.66. The van der Waals surface area contributed by atoms with E-state index in [1.54, 1.807) is 0 Å². The highest BCUT2D eigenvalue weighted by Crippen LogP contribution is 2.23. The number of hydrazone groups is 1. The van der Waals surface area contributed by atoms with E-state index in [0.717, 1.165) is 25.0 Å². The minimum atomic E-state index is 0.114. The van der Waals surface area contributed by atoms with Gasteiger partial charge in [0, 0.05) is 11.6 Å². The lowest BCUT2D eigenvalue weighted by Crippen LogP contribution is -2.29. The van der Waals surface area contributed by atoms with Crippen molar-refractivity contribution >= 4 is 11.6 Å². The molecule has 1 saturated carbocycles. The molecule has 0 saturated heterocycles. The zero-order chi connectivity index (χ0) is 12.0. The van der Waals surface area contributed by atoms with Crippen LogP contribution in [-0.2, 0) is 4.79 Å². The quantitative estimate of drug-likeness (QED) is 0.578. The number of nitrogens with zero attached hydrogens (tertiary/aromatic N) is 1. The Labute approximate surface area is 98.7 Å². The summed E-state index contributed by atoms with van der Waals surface area (Å²) in [7, 11) is 0. The van der Waals surface area contributed by atoms with Gasteiger partial charge in [-0.05, 0) is 32.1 Å². The largest absolute Gasteiger partial charge is 0.273 e. The normalized spacial score (nSPS) is 18.9. The van der Waals surface area contributed by atoms with Crippen LogP contribution in [0.15, 0.2) is 5.10 Å². The van der Waals surface area contributed by atoms with E-state index in [1.165, 1.54) is 19.3 Å². The molecule has 0 unspecified atom stereocenters. The molecule has 0 atom stereocenters. The molecular weight excluding hydrogens is 200 g/mol. The van der Waals surface area contributed by atoms with Crippen LogP contribution in [0.25, 0.3) is 0 Å². The summed E-state index contributed by atoms with van der Waals surface area (Å²) in [5, 5.41) is 4.16. The molecule has 3 heteroatoms. The molecule has 1 rings (SSSR count). The summed E-state index contributed by atoms with van der Waals surface area (Å²) in [4.78, 5) is 11.8. The minimum Gasteiger partial charge on any atom is -0.273 e. The van der Waals surface area contributed by atoms with E-state index in [2.05, 4.69) is 24.4 Å². The first-order chi connectivity index (χ1) is 7.59. The number of hydrogen-bond donors (Lipinski definition) is 1. The Bertz CT molecular complexity index is 253. The van der Waals surface area contributed by atoms with Crippen LogP contribution >= 0.6 is 0 Å². The van der Waals surface area contributed by atoms with Crippen LogP contribution in [-0.4, -0.2) is 11.6 Å². The van der Waals surface area contributed by atoms with Gasteiger partial charge in [0.25, 0.3) is 0 Å². The molecule has 0 radical (unpaired) electrons. The molecule has 1 amide bonds. The highest BCUT2D eigenvalue weighted by atomic mass is 16.2. The fourth-order valence-corrected chi connectivity index (χ4v) is 2.24. The number of nitrogens with one attached hydrogen (secondary N) is 1. The Morgan fingerprint density at radius 1 is 1.31 bits per heavy atom. The first-order valence-corrected chi connectivity index (χ1v) is 6.42. The number of carbonyl (C=O) groups is 1. The van der Waals surface area contributed by atoms with Gasteiger partial charge in [-0.3, -0.25) is 4.79 Å². The average Bonchev–Trinajstić information content (AvgIpc) is 2.26. The number of amides is 1. The van der Waals surface area contributed by atoms with Gasteiger partial charge in [0.2, 0.25) is 5.91 Å². The van der Waals surface area contributed by atoms with Crippen LogP contribution in [0.5, 0.6) is 0 Å². The fourth-order valence-electron chi connectivity index (χ4n) is 2.24. The van der Waals surface area contributed by atoms with Crippen molar-refractivity contribution in [1.82, 2.24) is 5.43 Å². The summed E-state index contributed by atoms with van der Waals surface area (Å²) in [6.45, 7) is 6.28. The molecule has 1 fully saturated rings. The standard InChI is InChI=1S/C13H24N2O/c1-10(2)9-11(3)14-15-13(16)12-7-5-4-6-8-12/h10,12H,4-9H2,1-3H3,(H,15,16)/b14-11+. The molecular formula is C13H24N2O. The molecule has 0 bridgehead atoms. The summed E-state index contributed by atoms with van der Waals surface area (Å²) in [5.74, 6) is 0.905. The van der Waals surface area contributed by atoms with Crippen LogP contribution in [0.4, 0.5) is 0 Å². The Hall–Kier alpha value is -0.860. The minimum absolute atomic E-state index is 0.114. The van der Waals surface area contributed by atoms with Crippen molar-refractivity contribution in [2.45, 2.75) is 59.3 Å². The maximum absolute atomic E-state index is 11.8. The van der Waals surface area contributed by atoms with Gasteiger partial charge in [0.15, 0.2) is 0 Å². The molecule has 0 heterocycles. The molecule has 1 N–H and O–H groups in total. The third kappa shape index (κ3) is 4.77. The molecule has 0 aromatic rings. The van der Waals surface area contributed by atoms with E-state index < -0.39 is 0 Å². The van der Waals surface area contributed by atoms with E-state index in [1.807, 2.05) is 6.92 Å². The van der Waals surface area contributed by atoms with E-state index in [9.17, 15) is 4.79 Å². The average molecular weight is 224 g/mol. The van der Waals surface area contributed by atoms with Crippen molar-refractivity contribution < 1.29 is 4.79 Å². The summed E-state index contributed by atoms with van der Waals surface area (Å²) in [5.41, 5.74) is 3.72. The van der Waals surface area contributed by atoms with Crippen molar-refractivity contribution in [2.75, 3.05) is 0 Å². The van der Waals surface area contributed by atoms with E-state index in [0.29, 0.717) is 5.92 Å². The lowest BCUT2D eigenvalue weighted by molar-refractivity contribution is -0.125. The summed E-state index contributed by atoms with van der Waals surface area (Å²) in [6, 6.07) is 0. The van der Waals surface area contributed by atoms with Gasteiger partial charge in [0.1, 0.15) is 0 Å². The molecule has 1 aliphatic carbocycles. The Morgan fingerprint density at radius 2 is 1.94 bits per heavy atom. The first kappa shape index (κ1) is 13.2. The predicted molar refractivity (Wildman–Crippen MR) is 67.3 cm³/mol. The second-order valence-electron chi connectivity index (χ2n) is 5.26. The van der Waals surface area contributed by atoms with Gasteiger partial charge < -0.3 is 0 Å². The number of rotatable bonds is 4. The second-order valence-corrected chi connectivity index (χ2v) is 5.26. The smallest absolute Gasteiger partial charge is 0.243 e. The van der Waals surface area contributed by atoms with Crippen molar-refractivity contribution in [3.05, 3.63) is 0 Å². The van der Waals surface area contributed by atoms with Crippen LogP contribution in [0.2, 0.25) is 0 Å². The molecule has 16 heavy (non-hydrogen) atoms. The Balaban J connectivity index is 2.32. The molecule has 1 aliphatic rings. The first-order valence-electron chi connectivity index (χ1n) is 6.42. The third-order valence-corrected chi connectivity index (χ3v) is 3.04. The van der Waals surface area contributed by atoms with Crippen LogP contribution in [0.1, 0.15) is 59.3 Å². The van der Waals surface area contributed by atoms with Crippen LogP contribution in [0, 0.1) is 11.8 Å². The third-order valence-electron chi connectivity index (χ3n) is 3.04. The summed E-state index contributed by atoms with van der Waals surface area (Å²) < 4.78 is 0. The molecule has 0 aromatic heterocycles. The van der Waals surface area contributed by atoms with Gasteiger partial charge in [-0.25, -0.2) is 5.43 Å². The van der Waals surface area contributed by atoms with Crippen molar-refractivity contribution in [1.29, 1.82) is 0 Å². The van der Waals surface area contributed by atoms with Crippen molar-refractivity contribution in [2.24, 2.45) is 16.9 Å². The SMILES string of the molecule is C/C(CC(C)C)=N\NC(=O)C1CCCCC1. The van der Waals surface area contributed by atoms with Gasteiger partial charge in [-0.1, -0.05) is 33.1 Å². The molecule has 92 valence electrons. The fraction of sp³-hybridized carbons (Fsp3) is 0.846. The molecule has 0 aliphatic heterocycles. The maximum Gasteiger partial charge on any atom is 0.243 e. The van der Waals surface area contributed by atoms with Crippen molar-refractivity contribution in [3.63, 3.8) is 0 Å². The number of hydrogen-bond acceptors (Lipinski definition) is 2. The van der Waals surface area contributed by atoms with Crippen LogP contribution < -0.4 is 5.43 Å². The number of carbonyl (C=O) groups excluding carboxylic acids is 1. The highest BCUT2D eigenvalue weighted by Gasteiger charge is 2.20.